The van der Waals surface area contributed by atoms with Crippen LogP contribution in [0.1, 0.15) is 27.7 Å². The number of halogens is 3. The van der Waals surface area contributed by atoms with Gasteiger partial charge in [0.05, 0.1) is 20.9 Å². The second-order valence-electron chi connectivity index (χ2n) is 7.22. The van der Waals surface area contributed by atoms with E-state index in [1.165, 1.54) is 11.3 Å². The number of thiocarbonyl (C=S) groups is 1. The number of amides is 2. The van der Waals surface area contributed by atoms with Gasteiger partial charge in [0.1, 0.15) is 6.61 Å². The van der Waals surface area contributed by atoms with Crippen LogP contribution in [0.3, 0.4) is 0 Å². The minimum absolute atomic E-state index is 0.205. The first kappa shape index (κ1) is 27.0. The number of thioether (sulfide) groups is 1. The van der Waals surface area contributed by atoms with Crippen molar-refractivity contribution >= 4 is 96.7 Å². The molecule has 36 heavy (non-hydrogen) atoms. The van der Waals surface area contributed by atoms with Crippen LogP contribution in [0.4, 0.5) is 0 Å². The van der Waals surface area contributed by atoms with Crippen molar-refractivity contribution in [2.45, 2.75) is 13.5 Å². The molecule has 1 aliphatic heterocycles. The summed E-state index contributed by atoms with van der Waals surface area (Å²) in [4.78, 5) is 26.2. The summed E-state index contributed by atoms with van der Waals surface area (Å²) in [5.74, 6) is 0.174. The number of hydrazine groups is 1. The summed E-state index contributed by atoms with van der Waals surface area (Å²) in [5.41, 5.74) is 4.03. The lowest BCUT2D eigenvalue weighted by molar-refractivity contribution is -0.123. The van der Waals surface area contributed by atoms with Crippen LogP contribution in [0, 0.1) is 0 Å². The average Bonchev–Trinajstić information content (AvgIpc) is 3.45. The standard InChI is InChI=1S/C24H17BrCl2N2O4S3/c1-2-32-18-9-13(8-16(25)21(18)33-12-14-5-6-15(26)11-17(14)27)10-20-23(31)29(24(34)36-20)28-22(30)19-4-3-7-35-19/h3-11H,2,12H2,1H3,(H,28,30)/b20-10-. The first-order valence-corrected chi connectivity index (χ1v) is 14.1. The largest absolute Gasteiger partial charge is 0.490 e. The topological polar surface area (TPSA) is 67.9 Å². The fourth-order valence-electron chi connectivity index (χ4n) is 3.14. The molecule has 1 N–H and O–H groups in total. The van der Waals surface area contributed by atoms with Crippen LogP contribution < -0.4 is 14.9 Å². The van der Waals surface area contributed by atoms with Gasteiger partial charge in [-0.25, -0.2) is 0 Å². The van der Waals surface area contributed by atoms with Crippen LogP contribution in [0.2, 0.25) is 10.0 Å². The minimum Gasteiger partial charge on any atom is -0.490 e. The summed E-state index contributed by atoms with van der Waals surface area (Å²) < 4.78 is 12.7. The molecule has 3 aromatic rings. The maximum absolute atomic E-state index is 13.0. The van der Waals surface area contributed by atoms with E-state index in [0.29, 0.717) is 48.0 Å². The highest BCUT2D eigenvalue weighted by molar-refractivity contribution is 9.10. The van der Waals surface area contributed by atoms with E-state index in [4.69, 9.17) is 44.9 Å². The molecule has 186 valence electrons. The van der Waals surface area contributed by atoms with Crippen LogP contribution in [-0.2, 0) is 11.4 Å². The molecule has 12 heteroatoms. The molecule has 2 heterocycles. The van der Waals surface area contributed by atoms with Gasteiger partial charge in [-0.3, -0.25) is 15.0 Å². The monoisotopic (exact) mass is 642 g/mol. The third-order valence-corrected chi connectivity index (χ3v) is 8.12. The Balaban J connectivity index is 1.54. The number of carbonyl (C=O) groups excluding carboxylic acids is 2. The highest BCUT2D eigenvalue weighted by Crippen LogP contribution is 2.40. The van der Waals surface area contributed by atoms with E-state index in [1.54, 1.807) is 53.9 Å². The Kier molecular flexibility index (Phi) is 8.97. The number of rotatable bonds is 8. The Morgan fingerprint density at radius 2 is 2.03 bits per heavy atom. The molecule has 0 aliphatic carbocycles. The van der Waals surface area contributed by atoms with E-state index < -0.39 is 11.8 Å². The molecule has 2 aromatic carbocycles. The van der Waals surface area contributed by atoms with Crippen molar-refractivity contribution in [1.29, 1.82) is 0 Å². The highest BCUT2D eigenvalue weighted by atomic mass is 79.9. The molecule has 1 aliphatic rings. The first-order valence-electron chi connectivity index (χ1n) is 10.4. The number of hydrogen-bond acceptors (Lipinski definition) is 7. The van der Waals surface area contributed by atoms with E-state index >= 15 is 0 Å². The van der Waals surface area contributed by atoms with Crippen molar-refractivity contribution in [2.75, 3.05) is 6.61 Å². The summed E-state index contributed by atoms with van der Waals surface area (Å²) in [6.45, 7) is 2.48. The first-order chi connectivity index (χ1) is 17.3. The van der Waals surface area contributed by atoms with E-state index in [-0.39, 0.29) is 10.9 Å². The van der Waals surface area contributed by atoms with Gasteiger partial charge in [-0.2, -0.15) is 5.01 Å². The maximum Gasteiger partial charge on any atom is 0.285 e. The molecule has 1 aromatic heterocycles. The molecule has 0 spiro atoms. The van der Waals surface area contributed by atoms with Crippen molar-refractivity contribution in [3.05, 3.63) is 83.3 Å². The molecule has 0 atom stereocenters. The SMILES string of the molecule is CCOc1cc(/C=C2\SC(=S)N(NC(=O)c3cccs3)C2=O)cc(Br)c1OCc1ccc(Cl)cc1Cl. The minimum atomic E-state index is -0.415. The summed E-state index contributed by atoms with van der Waals surface area (Å²) >= 11 is 23.5. The van der Waals surface area contributed by atoms with Gasteiger partial charge in [-0.1, -0.05) is 47.1 Å². The van der Waals surface area contributed by atoms with Gasteiger partial charge in [-0.05, 0) is 82.4 Å². The van der Waals surface area contributed by atoms with Gasteiger partial charge in [0.15, 0.2) is 15.8 Å². The number of carbonyl (C=O) groups is 2. The molecule has 1 saturated heterocycles. The van der Waals surface area contributed by atoms with Crippen LogP contribution in [0.25, 0.3) is 6.08 Å². The summed E-state index contributed by atoms with van der Waals surface area (Å²) in [6, 6.07) is 12.2. The second-order valence-corrected chi connectivity index (χ2v) is 11.5. The highest BCUT2D eigenvalue weighted by Gasteiger charge is 2.34. The number of nitrogens with one attached hydrogen (secondary N) is 1. The predicted molar refractivity (Wildman–Crippen MR) is 153 cm³/mol. The van der Waals surface area contributed by atoms with Crippen LogP contribution in [0.15, 0.2) is 57.2 Å². The second kappa shape index (κ2) is 12.0. The van der Waals surface area contributed by atoms with E-state index in [0.717, 1.165) is 22.3 Å². The van der Waals surface area contributed by atoms with Gasteiger partial charge in [0.25, 0.3) is 11.8 Å². The van der Waals surface area contributed by atoms with E-state index in [2.05, 4.69) is 21.4 Å². The molecule has 4 rings (SSSR count). The molecule has 0 unspecified atom stereocenters. The van der Waals surface area contributed by atoms with Crippen molar-refractivity contribution in [3.8, 4) is 11.5 Å². The maximum atomic E-state index is 13.0. The summed E-state index contributed by atoms with van der Waals surface area (Å²) in [6.07, 6.45) is 1.68. The molecular weight excluding hydrogens is 627 g/mol. The quantitative estimate of drug-likeness (QED) is 0.205. The lowest BCUT2D eigenvalue weighted by Crippen LogP contribution is -2.44. The third-order valence-electron chi connectivity index (χ3n) is 4.77. The lowest BCUT2D eigenvalue weighted by Gasteiger charge is -2.16. The van der Waals surface area contributed by atoms with E-state index in [1.807, 2.05) is 6.92 Å². The Labute approximate surface area is 239 Å². The van der Waals surface area contributed by atoms with Crippen LogP contribution in [-0.4, -0.2) is 27.8 Å². The Bertz CT molecular complexity index is 1370. The zero-order valence-corrected chi connectivity index (χ0v) is 24.1. The van der Waals surface area contributed by atoms with Crippen molar-refractivity contribution in [2.24, 2.45) is 0 Å². The molecule has 0 saturated carbocycles. The van der Waals surface area contributed by atoms with Gasteiger partial charge in [0, 0.05) is 15.6 Å². The Morgan fingerprint density at radius 1 is 1.22 bits per heavy atom. The molecule has 0 bridgehead atoms. The average molecular weight is 644 g/mol. The number of hydrogen-bond donors (Lipinski definition) is 1. The van der Waals surface area contributed by atoms with Crippen molar-refractivity contribution in [3.63, 3.8) is 0 Å². The third kappa shape index (κ3) is 6.24. The molecule has 2 amide bonds. The summed E-state index contributed by atoms with van der Waals surface area (Å²) in [5, 5.41) is 3.91. The summed E-state index contributed by atoms with van der Waals surface area (Å²) in [7, 11) is 0. The smallest absolute Gasteiger partial charge is 0.285 e. The number of ether oxygens (including phenoxy) is 2. The van der Waals surface area contributed by atoms with Crippen molar-refractivity contribution < 1.29 is 19.1 Å². The normalized spacial score (nSPS) is 14.4. The van der Waals surface area contributed by atoms with Crippen molar-refractivity contribution in [1.82, 2.24) is 10.4 Å². The molecular formula is C24H17BrCl2N2O4S3. The number of nitrogens with zero attached hydrogens (tertiary/aromatic N) is 1. The Morgan fingerprint density at radius 3 is 2.72 bits per heavy atom. The zero-order chi connectivity index (χ0) is 25.8. The van der Waals surface area contributed by atoms with Gasteiger partial charge >= 0.3 is 0 Å². The molecule has 6 nitrogen and oxygen atoms in total. The Hall–Kier alpha value is -2.08. The molecule has 1 fully saturated rings. The number of benzene rings is 2. The number of thiophene rings is 1. The lowest BCUT2D eigenvalue weighted by atomic mass is 10.1. The van der Waals surface area contributed by atoms with Gasteiger partial charge in [0.2, 0.25) is 0 Å². The van der Waals surface area contributed by atoms with Gasteiger partial charge in [-0.15, -0.1) is 11.3 Å². The van der Waals surface area contributed by atoms with E-state index in [9.17, 15) is 9.59 Å². The van der Waals surface area contributed by atoms with Crippen LogP contribution >= 0.6 is 74.4 Å². The fourth-order valence-corrected chi connectivity index (χ4v) is 5.97. The zero-order valence-electron chi connectivity index (χ0n) is 18.5. The predicted octanol–water partition coefficient (Wildman–Crippen LogP) is 7.34. The fraction of sp³-hybridized carbons (Fsp3) is 0.125. The molecule has 0 radical (unpaired) electrons. The van der Waals surface area contributed by atoms with Crippen LogP contribution in [0.5, 0.6) is 11.5 Å². The van der Waals surface area contributed by atoms with Gasteiger partial charge < -0.3 is 9.47 Å².